The Labute approximate surface area is 117 Å². The first-order valence-corrected chi connectivity index (χ1v) is 10.1. The third-order valence-corrected chi connectivity index (χ3v) is 8.63. The van der Waals surface area contributed by atoms with Gasteiger partial charge >= 0.3 is 16.4 Å². The molecule has 0 aromatic rings. The van der Waals surface area contributed by atoms with Crippen molar-refractivity contribution in [3.05, 3.63) is 0 Å². The van der Waals surface area contributed by atoms with Gasteiger partial charge < -0.3 is 22.3 Å². The Morgan fingerprint density at radius 3 is 1.58 bits per heavy atom. The van der Waals surface area contributed by atoms with E-state index in [4.69, 9.17) is 22.3 Å². The van der Waals surface area contributed by atoms with E-state index in [2.05, 4.69) is 0 Å². The first kappa shape index (κ1) is 19.2. The van der Waals surface area contributed by atoms with E-state index in [-0.39, 0.29) is 11.7 Å². The summed E-state index contributed by atoms with van der Waals surface area (Å²) in [5, 5.41) is 0. The standard InChI is InChI=1S/C11H27O6PSi/c1-7-15-19(16-8-2,17-9-3)11(4)10-18(12,13-5)14-6/h11H,7-10H2,1-6H3. The van der Waals surface area contributed by atoms with Crippen LogP contribution in [-0.4, -0.2) is 49.0 Å². The van der Waals surface area contributed by atoms with Gasteiger partial charge in [-0.3, -0.25) is 4.57 Å². The van der Waals surface area contributed by atoms with Crippen LogP contribution in [0.2, 0.25) is 5.54 Å². The van der Waals surface area contributed by atoms with Crippen LogP contribution in [0.5, 0.6) is 0 Å². The summed E-state index contributed by atoms with van der Waals surface area (Å²) in [6.07, 6.45) is 0.215. The van der Waals surface area contributed by atoms with Crippen LogP contribution < -0.4 is 0 Å². The molecular weight excluding hydrogens is 287 g/mol. The normalized spacial score (nSPS) is 14.6. The Kier molecular flexibility index (Phi) is 9.35. The van der Waals surface area contributed by atoms with E-state index in [1.807, 2.05) is 27.7 Å². The molecule has 1 atom stereocenters. The predicted octanol–water partition coefficient (Wildman–Crippen LogP) is 2.91. The zero-order chi connectivity index (χ0) is 14.9. The smallest absolute Gasteiger partial charge is 0.374 e. The second-order valence-electron chi connectivity index (χ2n) is 3.96. The summed E-state index contributed by atoms with van der Waals surface area (Å²) in [4.78, 5) is 0. The predicted molar refractivity (Wildman–Crippen MR) is 76.5 cm³/mol. The lowest BCUT2D eigenvalue weighted by atomic mass is 10.6. The van der Waals surface area contributed by atoms with Crippen molar-refractivity contribution in [1.82, 2.24) is 0 Å². The Hall–Kier alpha value is 0.247. The van der Waals surface area contributed by atoms with E-state index < -0.39 is 16.4 Å². The Balaban J connectivity index is 5.06. The molecule has 0 saturated heterocycles. The van der Waals surface area contributed by atoms with Gasteiger partial charge in [0, 0.05) is 39.6 Å². The number of hydrogen-bond donors (Lipinski definition) is 0. The van der Waals surface area contributed by atoms with Crippen molar-refractivity contribution in [2.24, 2.45) is 0 Å². The second kappa shape index (κ2) is 9.23. The minimum atomic E-state index is -3.11. The molecule has 116 valence electrons. The summed E-state index contributed by atoms with van der Waals surface area (Å²) in [6, 6.07) is 0. The molecule has 8 heteroatoms. The van der Waals surface area contributed by atoms with E-state index in [1.54, 1.807) is 0 Å². The fraction of sp³-hybridized carbons (Fsp3) is 1.00. The van der Waals surface area contributed by atoms with E-state index >= 15 is 0 Å². The fourth-order valence-corrected chi connectivity index (χ4v) is 6.82. The molecule has 1 unspecified atom stereocenters. The van der Waals surface area contributed by atoms with Gasteiger partial charge in [0.05, 0.1) is 6.16 Å². The highest BCUT2D eigenvalue weighted by atomic mass is 31.2. The molecule has 0 rings (SSSR count). The van der Waals surface area contributed by atoms with E-state index in [0.717, 1.165) is 0 Å². The topological polar surface area (TPSA) is 63.2 Å². The molecule has 0 saturated carbocycles. The van der Waals surface area contributed by atoms with Crippen LogP contribution >= 0.6 is 7.60 Å². The summed E-state index contributed by atoms with van der Waals surface area (Å²) in [5.74, 6) is 0. The largest absolute Gasteiger partial charge is 0.504 e. The lowest BCUT2D eigenvalue weighted by Crippen LogP contribution is -2.50. The van der Waals surface area contributed by atoms with Crippen LogP contribution in [0.3, 0.4) is 0 Å². The molecule has 0 bridgehead atoms. The monoisotopic (exact) mass is 314 g/mol. The Morgan fingerprint density at radius 2 is 1.32 bits per heavy atom. The highest BCUT2D eigenvalue weighted by Gasteiger charge is 2.49. The second-order valence-corrected chi connectivity index (χ2v) is 9.34. The third-order valence-electron chi connectivity index (χ3n) is 2.69. The Morgan fingerprint density at radius 1 is 0.947 bits per heavy atom. The van der Waals surface area contributed by atoms with Crippen molar-refractivity contribution in [3.63, 3.8) is 0 Å². The highest BCUT2D eigenvalue weighted by molar-refractivity contribution is 7.54. The number of hydrogen-bond acceptors (Lipinski definition) is 6. The molecule has 0 aromatic carbocycles. The minimum absolute atomic E-state index is 0.168. The maximum atomic E-state index is 12.2. The average molecular weight is 314 g/mol. The SMILES string of the molecule is CCO[Si](OCC)(OCC)C(C)CP(=O)(OC)OC. The fourth-order valence-electron chi connectivity index (χ4n) is 1.83. The molecule has 0 N–H and O–H groups in total. The first-order chi connectivity index (χ1) is 8.93. The summed E-state index contributed by atoms with van der Waals surface area (Å²) < 4.78 is 39.5. The zero-order valence-corrected chi connectivity index (χ0v) is 14.7. The molecule has 6 nitrogen and oxygen atoms in total. The molecule has 0 aliphatic carbocycles. The lowest BCUT2D eigenvalue weighted by molar-refractivity contribution is 0.0637. The molecule has 19 heavy (non-hydrogen) atoms. The summed E-state index contributed by atoms with van der Waals surface area (Å²) >= 11 is 0. The van der Waals surface area contributed by atoms with Gasteiger partial charge in [-0.1, -0.05) is 6.92 Å². The van der Waals surface area contributed by atoms with Crippen molar-refractivity contribution in [1.29, 1.82) is 0 Å². The van der Waals surface area contributed by atoms with Gasteiger partial charge in [-0.2, -0.15) is 0 Å². The van der Waals surface area contributed by atoms with E-state index in [9.17, 15) is 4.57 Å². The van der Waals surface area contributed by atoms with Gasteiger partial charge in [0.1, 0.15) is 0 Å². The number of rotatable bonds is 11. The van der Waals surface area contributed by atoms with Crippen LogP contribution in [0.1, 0.15) is 27.7 Å². The van der Waals surface area contributed by atoms with E-state index in [1.165, 1.54) is 14.2 Å². The van der Waals surface area contributed by atoms with Gasteiger partial charge in [0.2, 0.25) is 0 Å². The third kappa shape index (κ3) is 5.63. The first-order valence-electron chi connectivity index (χ1n) is 6.55. The van der Waals surface area contributed by atoms with Crippen molar-refractivity contribution in [2.75, 3.05) is 40.2 Å². The lowest BCUT2D eigenvalue weighted by Gasteiger charge is -2.34. The van der Waals surface area contributed by atoms with Crippen molar-refractivity contribution in [2.45, 2.75) is 33.2 Å². The van der Waals surface area contributed by atoms with Gasteiger partial charge in [-0.25, -0.2) is 0 Å². The molecule has 0 aliphatic rings. The molecule has 0 aromatic heterocycles. The van der Waals surface area contributed by atoms with Gasteiger partial charge in [0.15, 0.2) is 0 Å². The molecule has 0 spiro atoms. The maximum Gasteiger partial charge on any atom is 0.504 e. The maximum absolute atomic E-state index is 12.2. The molecule has 0 aliphatic heterocycles. The highest BCUT2D eigenvalue weighted by Crippen LogP contribution is 2.51. The zero-order valence-electron chi connectivity index (χ0n) is 12.8. The van der Waals surface area contributed by atoms with Crippen molar-refractivity contribution >= 4 is 16.4 Å². The average Bonchev–Trinajstić information content (AvgIpc) is 2.39. The van der Waals surface area contributed by atoms with Crippen LogP contribution in [0, 0.1) is 0 Å². The van der Waals surface area contributed by atoms with Crippen molar-refractivity contribution in [3.8, 4) is 0 Å². The van der Waals surface area contributed by atoms with Crippen LogP contribution in [0.4, 0.5) is 0 Å². The van der Waals surface area contributed by atoms with Crippen LogP contribution in [0.25, 0.3) is 0 Å². The van der Waals surface area contributed by atoms with Gasteiger partial charge in [-0.15, -0.1) is 0 Å². The Bertz CT molecular complexity index is 263. The molecule has 0 heterocycles. The van der Waals surface area contributed by atoms with Gasteiger partial charge in [-0.05, 0) is 20.8 Å². The van der Waals surface area contributed by atoms with E-state index in [0.29, 0.717) is 19.8 Å². The molecule has 0 amide bonds. The molecular formula is C11H27O6PSi. The summed E-state index contributed by atoms with van der Waals surface area (Å²) in [5.41, 5.74) is -0.168. The molecule has 0 fully saturated rings. The summed E-state index contributed by atoms with van der Waals surface area (Å²) in [7, 11) is -3.23. The van der Waals surface area contributed by atoms with Crippen molar-refractivity contribution < 1.29 is 26.9 Å². The minimum Gasteiger partial charge on any atom is -0.374 e. The van der Waals surface area contributed by atoms with Crippen LogP contribution in [0.15, 0.2) is 0 Å². The van der Waals surface area contributed by atoms with Crippen LogP contribution in [-0.2, 0) is 26.9 Å². The molecule has 0 radical (unpaired) electrons. The quantitative estimate of drug-likeness (QED) is 0.431. The summed E-state index contributed by atoms with van der Waals surface area (Å²) in [6.45, 7) is 9.02. The van der Waals surface area contributed by atoms with Gasteiger partial charge in [0.25, 0.3) is 0 Å².